The minimum Gasteiger partial charge on any atom is -0.381 e. The number of hydrogen-bond acceptors (Lipinski definition) is 4. The molecule has 1 fully saturated rings. The Morgan fingerprint density at radius 3 is 2.90 bits per heavy atom. The molecule has 1 aliphatic rings. The number of ether oxygens (including phenoxy) is 1. The van der Waals surface area contributed by atoms with Gasteiger partial charge in [-0.15, -0.1) is 0 Å². The molecule has 0 saturated carbocycles. The summed E-state index contributed by atoms with van der Waals surface area (Å²) in [4.78, 5) is 0.323. The molecule has 2 rings (SSSR count). The zero-order chi connectivity index (χ0) is 15.3. The van der Waals surface area contributed by atoms with Crippen molar-refractivity contribution in [1.82, 2.24) is 10.0 Å². The molecule has 0 amide bonds. The van der Waals surface area contributed by atoms with Gasteiger partial charge in [-0.1, -0.05) is 19.1 Å². The highest BCUT2D eigenvalue weighted by Gasteiger charge is 2.26. The first-order valence-electron chi connectivity index (χ1n) is 7.42. The second kappa shape index (κ2) is 7.35. The summed E-state index contributed by atoms with van der Waals surface area (Å²) in [5.74, 6) is 0.254. The molecule has 2 unspecified atom stereocenters. The molecule has 1 aromatic rings. The number of hydrogen-bond donors (Lipinski definition) is 2. The molecule has 118 valence electrons. The molecule has 0 spiro atoms. The average Bonchev–Trinajstić information content (AvgIpc) is 2.99. The van der Waals surface area contributed by atoms with Gasteiger partial charge in [0.1, 0.15) is 0 Å². The summed E-state index contributed by atoms with van der Waals surface area (Å²) in [6, 6.07) is 6.95. The van der Waals surface area contributed by atoms with Crippen molar-refractivity contribution < 1.29 is 13.2 Å². The molecule has 2 atom stereocenters. The van der Waals surface area contributed by atoms with Gasteiger partial charge in [-0.05, 0) is 37.6 Å². The molecule has 6 heteroatoms. The van der Waals surface area contributed by atoms with E-state index in [4.69, 9.17) is 4.74 Å². The fourth-order valence-electron chi connectivity index (χ4n) is 2.45. The van der Waals surface area contributed by atoms with E-state index in [1.807, 2.05) is 19.9 Å². The van der Waals surface area contributed by atoms with Crippen molar-refractivity contribution in [3.63, 3.8) is 0 Å². The van der Waals surface area contributed by atoms with Gasteiger partial charge in [0.05, 0.1) is 11.5 Å². The Hall–Kier alpha value is -0.950. The summed E-state index contributed by atoms with van der Waals surface area (Å²) in [7, 11) is -3.48. The topological polar surface area (TPSA) is 67.4 Å². The molecule has 1 heterocycles. The molecule has 0 aliphatic carbocycles. The molecule has 0 radical (unpaired) electrons. The monoisotopic (exact) mass is 312 g/mol. The third-order valence-electron chi connectivity index (χ3n) is 3.80. The summed E-state index contributed by atoms with van der Waals surface area (Å²) >= 11 is 0. The highest BCUT2D eigenvalue weighted by Crippen LogP contribution is 2.19. The zero-order valence-electron chi connectivity index (χ0n) is 12.6. The molecule has 0 bridgehead atoms. The van der Waals surface area contributed by atoms with Crippen LogP contribution in [0.3, 0.4) is 0 Å². The van der Waals surface area contributed by atoms with Crippen LogP contribution in [-0.4, -0.2) is 34.2 Å². The molecule has 0 aromatic heterocycles. The van der Waals surface area contributed by atoms with Gasteiger partial charge < -0.3 is 10.1 Å². The van der Waals surface area contributed by atoms with Crippen LogP contribution in [0.2, 0.25) is 0 Å². The van der Waals surface area contributed by atoms with E-state index in [9.17, 15) is 8.42 Å². The zero-order valence-corrected chi connectivity index (χ0v) is 13.4. The molecule has 1 aliphatic heterocycles. The minimum absolute atomic E-state index is 0.116. The Bertz CT molecular complexity index is 554. The maximum Gasteiger partial charge on any atom is 0.240 e. The van der Waals surface area contributed by atoms with Gasteiger partial charge in [0.15, 0.2) is 0 Å². The lowest BCUT2D eigenvalue weighted by molar-refractivity contribution is 0.180. The standard InChI is InChI=1S/C15H24N2O3S/c1-3-16-10-13-5-4-6-15(9-13)21(18,19)17-12(2)14-7-8-20-11-14/h4-6,9,12,14,16-17H,3,7-8,10-11H2,1-2H3. The van der Waals surface area contributed by atoms with Crippen molar-refractivity contribution in [2.24, 2.45) is 5.92 Å². The van der Waals surface area contributed by atoms with E-state index in [1.54, 1.807) is 18.2 Å². The van der Waals surface area contributed by atoms with E-state index in [2.05, 4.69) is 10.0 Å². The summed E-state index contributed by atoms with van der Waals surface area (Å²) in [6.45, 7) is 6.80. The van der Waals surface area contributed by atoms with Crippen LogP contribution in [0.15, 0.2) is 29.2 Å². The highest BCUT2D eigenvalue weighted by molar-refractivity contribution is 7.89. The normalized spacial score (nSPS) is 20.6. The van der Waals surface area contributed by atoms with Crippen molar-refractivity contribution in [3.05, 3.63) is 29.8 Å². The summed E-state index contributed by atoms with van der Waals surface area (Å²) in [5.41, 5.74) is 0.969. The summed E-state index contributed by atoms with van der Waals surface area (Å²) in [5, 5.41) is 3.20. The predicted octanol–water partition coefficient (Wildman–Crippen LogP) is 1.50. The van der Waals surface area contributed by atoms with Gasteiger partial charge in [0.2, 0.25) is 10.0 Å². The van der Waals surface area contributed by atoms with Crippen LogP contribution in [0.1, 0.15) is 25.8 Å². The second-order valence-electron chi connectivity index (χ2n) is 5.46. The van der Waals surface area contributed by atoms with Gasteiger partial charge in [-0.25, -0.2) is 13.1 Å². The third kappa shape index (κ3) is 4.51. The summed E-state index contributed by atoms with van der Waals surface area (Å²) in [6.07, 6.45) is 0.907. The van der Waals surface area contributed by atoms with Crippen molar-refractivity contribution in [2.75, 3.05) is 19.8 Å². The predicted molar refractivity (Wildman–Crippen MR) is 82.5 cm³/mol. The smallest absolute Gasteiger partial charge is 0.240 e. The van der Waals surface area contributed by atoms with Crippen LogP contribution in [0.4, 0.5) is 0 Å². The first-order valence-corrected chi connectivity index (χ1v) is 8.91. The van der Waals surface area contributed by atoms with Crippen molar-refractivity contribution in [1.29, 1.82) is 0 Å². The third-order valence-corrected chi connectivity index (χ3v) is 5.36. The lowest BCUT2D eigenvalue weighted by atomic mass is 10.0. The Labute approximate surface area is 127 Å². The van der Waals surface area contributed by atoms with Crippen LogP contribution >= 0.6 is 0 Å². The molecule has 1 aromatic carbocycles. The van der Waals surface area contributed by atoms with Crippen molar-refractivity contribution in [2.45, 2.75) is 37.8 Å². The first-order chi connectivity index (χ1) is 10.0. The highest BCUT2D eigenvalue weighted by atomic mass is 32.2. The number of sulfonamides is 1. The molecular formula is C15H24N2O3S. The van der Waals surface area contributed by atoms with Crippen molar-refractivity contribution in [3.8, 4) is 0 Å². The van der Waals surface area contributed by atoms with E-state index in [1.165, 1.54) is 0 Å². The lowest BCUT2D eigenvalue weighted by Crippen LogP contribution is -2.38. The molecule has 5 nitrogen and oxygen atoms in total. The van der Waals surface area contributed by atoms with Gasteiger partial charge in [-0.3, -0.25) is 0 Å². The Morgan fingerprint density at radius 2 is 2.24 bits per heavy atom. The van der Waals surface area contributed by atoms with Crippen LogP contribution in [0.5, 0.6) is 0 Å². The first kappa shape index (κ1) is 16.4. The minimum atomic E-state index is -3.48. The van der Waals surface area contributed by atoms with Gasteiger partial charge in [0, 0.05) is 25.1 Å². The molecule has 1 saturated heterocycles. The van der Waals surface area contributed by atoms with Gasteiger partial charge in [0.25, 0.3) is 0 Å². The van der Waals surface area contributed by atoms with E-state index in [-0.39, 0.29) is 12.0 Å². The number of nitrogens with one attached hydrogen (secondary N) is 2. The van der Waals surface area contributed by atoms with Crippen LogP contribution < -0.4 is 10.0 Å². The van der Waals surface area contributed by atoms with Gasteiger partial charge in [-0.2, -0.15) is 0 Å². The number of rotatable bonds is 7. The van der Waals surface area contributed by atoms with Crippen LogP contribution in [0, 0.1) is 5.92 Å². The van der Waals surface area contributed by atoms with Crippen molar-refractivity contribution >= 4 is 10.0 Å². The fourth-order valence-corrected chi connectivity index (χ4v) is 3.83. The lowest BCUT2D eigenvalue weighted by Gasteiger charge is -2.19. The van der Waals surface area contributed by atoms with E-state index < -0.39 is 10.0 Å². The Balaban J connectivity index is 2.07. The van der Waals surface area contributed by atoms with Crippen LogP contribution in [-0.2, 0) is 21.3 Å². The second-order valence-corrected chi connectivity index (χ2v) is 7.18. The van der Waals surface area contributed by atoms with E-state index in [0.29, 0.717) is 18.0 Å². The molecule has 21 heavy (non-hydrogen) atoms. The van der Waals surface area contributed by atoms with Gasteiger partial charge >= 0.3 is 0 Å². The molecular weight excluding hydrogens is 288 g/mol. The van der Waals surface area contributed by atoms with Crippen LogP contribution in [0.25, 0.3) is 0 Å². The van der Waals surface area contributed by atoms with E-state index in [0.717, 1.165) is 25.1 Å². The largest absolute Gasteiger partial charge is 0.381 e. The Kier molecular flexibility index (Phi) is 5.75. The maximum absolute atomic E-state index is 12.5. The SMILES string of the molecule is CCNCc1cccc(S(=O)(=O)NC(C)C2CCOC2)c1. The maximum atomic E-state index is 12.5. The summed E-state index contributed by atoms with van der Waals surface area (Å²) < 4.78 is 33.0. The quantitative estimate of drug-likeness (QED) is 0.801. The van der Waals surface area contributed by atoms with E-state index >= 15 is 0 Å². The number of benzene rings is 1. The average molecular weight is 312 g/mol. The fraction of sp³-hybridized carbons (Fsp3) is 0.600. The molecule has 2 N–H and O–H groups in total. The Morgan fingerprint density at radius 1 is 1.43 bits per heavy atom.